The Morgan fingerprint density at radius 3 is 2.52 bits per heavy atom. The van der Waals surface area contributed by atoms with Gasteiger partial charge in [0.05, 0.1) is 7.11 Å². The van der Waals surface area contributed by atoms with E-state index in [9.17, 15) is 9.90 Å². The summed E-state index contributed by atoms with van der Waals surface area (Å²) in [5, 5.41) is 12.2. The van der Waals surface area contributed by atoms with Crippen LogP contribution in [0.3, 0.4) is 0 Å². The highest BCUT2D eigenvalue weighted by Crippen LogP contribution is 2.43. The molecule has 3 N–H and O–H groups in total. The molecule has 0 atom stereocenters. The van der Waals surface area contributed by atoms with Gasteiger partial charge in [-0.3, -0.25) is 4.90 Å². The Hall–Kier alpha value is -2.32. The second-order valence-corrected chi connectivity index (χ2v) is 8.86. The maximum atomic E-state index is 12.6. The number of likely N-dealkylation sites (N-methyl/N-ethyl adjacent to an activating group) is 1. The average Bonchev–Trinajstić information content (AvgIpc) is 3.09. The predicted octanol–water partition coefficient (Wildman–Crippen LogP) is 3.74. The summed E-state index contributed by atoms with van der Waals surface area (Å²) in [7, 11) is 3.49. The first-order chi connectivity index (χ1) is 14.5. The van der Waals surface area contributed by atoms with Crippen molar-refractivity contribution in [3.63, 3.8) is 0 Å². The summed E-state index contributed by atoms with van der Waals surface area (Å²) >= 11 is 1.36. The number of nitrogens with two attached hydrogens (primary N) is 1. The van der Waals surface area contributed by atoms with E-state index in [4.69, 9.17) is 10.5 Å². The van der Waals surface area contributed by atoms with Crippen molar-refractivity contribution >= 4 is 44.8 Å². The number of hydrogen-bond donors (Lipinski definition) is 2. The quantitative estimate of drug-likeness (QED) is 0.563. The van der Waals surface area contributed by atoms with Crippen LogP contribution in [0.2, 0.25) is 0 Å². The van der Waals surface area contributed by atoms with Crippen LogP contribution in [0.5, 0.6) is 5.75 Å². The number of ether oxygens (including phenoxy) is 1. The fourth-order valence-electron chi connectivity index (χ4n) is 4.05. The largest absolute Gasteiger partial charge is 0.508 e. The molecular formula is C23H28ClN3O3S. The maximum absolute atomic E-state index is 12.6. The molecule has 4 rings (SSSR count). The van der Waals surface area contributed by atoms with E-state index in [1.807, 2.05) is 30.3 Å². The minimum atomic E-state index is -0.440. The molecule has 166 valence electrons. The standard InChI is InChI=1S/C23H27N3O3S.ClH/c1-25-8-10-26(11-9-25)14-17-18(27)13-16(12-15-6-4-3-5-7-15)19-20(23(28)29-2)22(24)30-21(17)19;/h3-7,13,27H,8-12,14,24H2,1-2H3;1H. The number of nitrogens with zero attached hydrogens (tertiary/aromatic N) is 2. The van der Waals surface area contributed by atoms with Crippen molar-refractivity contribution in [3.8, 4) is 5.75 Å². The van der Waals surface area contributed by atoms with Gasteiger partial charge in [-0.15, -0.1) is 23.7 Å². The van der Waals surface area contributed by atoms with Gasteiger partial charge < -0.3 is 20.5 Å². The first-order valence-electron chi connectivity index (χ1n) is 10.1. The van der Waals surface area contributed by atoms with Crippen molar-refractivity contribution in [1.29, 1.82) is 0 Å². The molecule has 0 aliphatic carbocycles. The number of carbonyl (C=O) groups is 1. The van der Waals surface area contributed by atoms with Crippen LogP contribution >= 0.6 is 23.7 Å². The number of aromatic hydroxyl groups is 1. The minimum Gasteiger partial charge on any atom is -0.508 e. The Morgan fingerprint density at radius 1 is 1.19 bits per heavy atom. The molecule has 1 aliphatic rings. The first kappa shape index (κ1) is 23.3. The van der Waals surface area contributed by atoms with Gasteiger partial charge >= 0.3 is 5.97 Å². The number of benzene rings is 2. The Morgan fingerprint density at radius 2 is 1.87 bits per heavy atom. The summed E-state index contributed by atoms with van der Waals surface area (Å²) < 4.78 is 5.90. The molecule has 1 saturated heterocycles. The highest BCUT2D eigenvalue weighted by Gasteiger charge is 2.26. The number of fused-ring (bicyclic) bond motifs is 1. The number of rotatable bonds is 5. The second kappa shape index (κ2) is 9.87. The van der Waals surface area contributed by atoms with Crippen LogP contribution in [-0.4, -0.2) is 61.2 Å². The summed E-state index contributed by atoms with van der Waals surface area (Å²) in [6.45, 7) is 4.50. The molecule has 0 unspecified atom stereocenters. The fraction of sp³-hybridized carbons (Fsp3) is 0.348. The van der Waals surface area contributed by atoms with Crippen LogP contribution in [0.25, 0.3) is 10.1 Å². The molecule has 0 bridgehead atoms. The van der Waals surface area contributed by atoms with Crippen LogP contribution in [-0.2, 0) is 17.7 Å². The van der Waals surface area contributed by atoms with Crippen molar-refractivity contribution in [2.75, 3.05) is 46.1 Å². The predicted molar refractivity (Wildman–Crippen MR) is 129 cm³/mol. The normalized spacial score (nSPS) is 15.0. The molecule has 0 radical (unpaired) electrons. The van der Waals surface area contributed by atoms with E-state index in [0.29, 0.717) is 23.5 Å². The zero-order chi connectivity index (χ0) is 21.3. The van der Waals surface area contributed by atoms with Crippen molar-refractivity contribution in [3.05, 3.63) is 58.7 Å². The number of halogens is 1. The third kappa shape index (κ3) is 4.80. The zero-order valence-electron chi connectivity index (χ0n) is 17.8. The molecule has 1 aliphatic heterocycles. The van der Waals surface area contributed by atoms with Gasteiger partial charge in [-0.1, -0.05) is 30.3 Å². The molecule has 3 aromatic rings. The Bertz CT molecular complexity index is 1060. The van der Waals surface area contributed by atoms with E-state index in [1.54, 1.807) is 6.07 Å². The lowest BCUT2D eigenvalue weighted by Gasteiger charge is -2.32. The summed E-state index contributed by atoms with van der Waals surface area (Å²) in [5.41, 5.74) is 9.50. The third-order valence-electron chi connectivity index (χ3n) is 5.76. The van der Waals surface area contributed by atoms with E-state index in [0.717, 1.165) is 53.0 Å². The van der Waals surface area contributed by atoms with Gasteiger partial charge in [0.25, 0.3) is 0 Å². The van der Waals surface area contributed by atoms with Gasteiger partial charge in [0, 0.05) is 48.4 Å². The minimum absolute atomic E-state index is 0. The first-order valence-corrected chi connectivity index (χ1v) is 10.9. The lowest BCUT2D eigenvalue weighted by atomic mass is 9.96. The molecule has 0 amide bonds. The van der Waals surface area contributed by atoms with E-state index >= 15 is 0 Å². The van der Waals surface area contributed by atoms with Crippen LogP contribution in [0.15, 0.2) is 36.4 Å². The number of phenols is 1. The van der Waals surface area contributed by atoms with Crippen molar-refractivity contribution in [2.24, 2.45) is 0 Å². The van der Waals surface area contributed by atoms with Gasteiger partial charge in [-0.05, 0) is 30.7 Å². The van der Waals surface area contributed by atoms with Crippen LogP contribution in [0, 0.1) is 0 Å². The number of esters is 1. The molecule has 0 saturated carbocycles. The fourth-order valence-corrected chi connectivity index (χ4v) is 5.19. The molecular weight excluding hydrogens is 434 g/mol. The molecule has 2 aromatic carbocycles. The van der Waals surface area contributed by atoms with E-state index in [-0.39, 0.29) is 18.2 Å². The highest BCUT2D eigenvalue weighted by atomic mass is 35.5. The number of thiophene rings is 1. The number of nitrogen functional groups attached to an aromatic ring is 1. The summed E-state index contributed by atoms with van der Waals surface area (Å²) in [5.74, 6) is -0.186. The zero-order valence-corrected chi connectivity index (χ0v) is 19.4. The van der Waals surface area contributed by atoms with Crippen molar-refractivity contribution in [2.45, 2.75) is 13.0 Å². The number of anilines is 1. The third-order valence-corrected chi connectivity index (χ3v) is 6.83. The molecule has 6 nitrogen and oxygen atoms in total. The summed E-state index contributed by atoms with van der Waals surface area (Å²) in [6, 6.07) is 11.8. The van der Waals surface area contributed by atoms with E-state index in [1.165, 1.54) is 18.4 Å². The van der Waals surface area contributed by atoms with Crippen LogP contribution < -0.4 is 5.73 Å². The van der Waals surface area contributed by atoms with Gasteiger partial charge in [0.1, 0.15) is 16.3 Å². The molecule has 1 fully saturated rings. The highest BCUT2D eigenvalue weighted by molar-refractivity contribution is 7.23. The molecule has 8 heteroatoms. The van der Waals surface area contributed by atoms with E-state index in [2.05, 4.69) is 16.8 Å². The van der Waals surface area contributed by atoms with Gasteiger partial charge in [0.15, 0.2) is 0 Å². The average molecular weight is 462 g/mol. The van der Waals surface area contributed by atoms with E-state index < -0.39 is 5.97 Å². The number of carbonyl (C=O) groups excluding carboxylic acids is 1. The Labute approximate surface area is 192 Å². The topological polar surface area (TPSA) is 79.0 Å². The Balaban J connectivity index is 0.00000272. The number of hydrogen-bond acceptors (Lipinski definition) is 7. The molecule has 1 aromatic heterocycles. The summed E-state index contributed by atoms with van der Waals surface area (Å²) in [6.07, 6.45) is 0.597. The van der Waals surface area contributed by atoms with Crippen LogP contribution in [0.4, 0.5) is 5.00 Å². The number of methoxy groups -OCH3 is 1. The monoisotopic (exact) mass is 461 g/mol. The Kier molecular flexibility index (Phi) is 7.43. The van der Waals surface area contributed by atoms with Gasteiger partial charge in [-0.2, -0.15) is 0 Å². The smallest absolute Gasteiger partial charge is 0.341 e. The lowest BCUT2D eigenvalue weighted by molar-refractivity contribution is 0.0604. The van der Waals surface area contributed by atoms with Gasteiger partial charge in [0.2, 0.25) is 0 Å². The van der Waals surface area contributed by atoms with Crippen molar-refractivity contribution < 1.29 is 14.6 Å². The lowest BCUT2D eigenvalue weighted by Crippen LogP contribution is -2.43. The van der Waals surface area contributed by atoms with Gasteiger partial charge in [-0.25, -0.2) is 4.79 Å². The molecule has 0 spiro atoms. The van der Waals surface area contributed by atoms with Crippen molar-refractivity contribution in [1.82, 2.24) is 9.80 Å². The van der Waals surface area contributed by atoms with Crippen LogP contribution in [0.1, 0.15) is 27.0 Å². The summed E-state index contributed by atoms with van der Waals surface area (Å²) in [4.78, 5) is 17.2. The SMILES string of the molecule is COC(=O)c1c(N)sc2c(CN3CCN(C)CC3)c(O)cc(Cc3ccccc3)c12.Cl. The maximum Gasteiger partial charge on any atom is 0.341 e. The number of phenolic OH excluding ortho intramolecular Hbond substituents is 1. The molecule has 2 heterocycles. The molecule has 31 heavy (non-hydrogen) atoms. The second-order valence-electron chi connectivity index (χ2n) is 7.81. The number of piperazine rings is 1.